The molecule has 1 unspecified atom stereocenters. The highest BCUT2D eigenvalue weighted by molar-refractivity contribution is 9.10. The lowest BCUT2D eigenvalue weighted by molar-refractivity contribution is 0.849. The van der Waals surface area contributed by atoms with Crippen molar-refractivity contribution in [3.05, 3.63) is 69.2 Å². The molecule has 1 aliphatic rings. The van der Waals surface area contributed by atoms with Crippen LogP contribution < -0.4 is 0 Å². The largest absolute Gasteiger partial charge is 0.269 e. The topological polar surface area (TPSA) is 12.4 Å². The highest BCUT2D eigenvalue weighted by atomic mass is 79.9. The number of aliphatic imine (C=N–C) groups is 1. The average Bonchev–Trinajstić information content (AvgIpc) is 2.89. The molecule has 0 radical (unpaired) electrons. The number of rotatable bonds is 2. The molecule has 4 heteroatoms. The summed E-state index contributed by atoms with van der Waals surface area (Å²) in [6.07, 6.45) is 0. The summed E-state index contributed by atoms with van der Waals surface area (Å²) in [5, 5.41) is 1.81. The van der Waals surface area contributed by atoms with Gasteiger partial charge in [0.05, 0.1) is 11.1 Å². The van der Waals surface area contributed by atoms with Crippen LogP contribution in [0, 0.1) is 0 Å². The smallest absolute Gasteiger partial charge is 0.100 e. The van der Waals surface area contributed by atoms with Crippen molar-refractivity contribution < 1.29 is 0 Å². The number of nitrogens with zero attached hydrogens (tertiary/aromatic N) is 1. The first kappa shape index (κ1) is 13.2. The third kappa shape index (κ3) is 2.88. The predicted molar refractivity (Wildman–Crippen MR) is 87.3 cm³/mol. The fraction of sp³-hybridized carbons (Fsp3) is 0.133. The van der Waals surface area contributed by atoms with Crippen LogP contribution in [0.2, 0.25) is 5.02 Å². The van der Waals surface area contributed by atoms with Crippen molar-refractivity contribution in [3.8, 4) is 0 Å². The Labute approximate surface area is 130 Å². The zero-order valence-corrected chi connectivity index (χ0v) is 13.2. The Balaban J connectivity index is 1.89. The second-order valence-electron chi connectivity index (χ2n) is 4.29. The van der Waals surface area contributed by atoms with Gasteiger partial charge in [-0.25, -0.2) is 0 Å². The first-order chi connectivity index (χ1) is 9.24. The van der Waals surface area contributed by atoms with Gasteiger partial charge in [0.2, 0.25) is 0 Å². The normalized spacial score (nSPS) is 18.4. The summed E-state index contributed by atoms with van der Waals surface area (Å²) in [7, 11) is 0. The standard InChI is InChI=1S/C15H11BrClNS/c16-11-7-5-10(6-8-11)14-9-19-15(18-14)12-3-1-2-4-13(12)17/h1-8,14H,9H2. The van der Waals surface area contributed by atoms with E-state index in [1.54, 1.807) is 11.8 Å². The molecular weight excluding hydrogens is 342 g/mol. The Hall–Kier alpha value is -0.770. The van der Waals surface area contributed by atoms with E-state index in [-0.39, 0.29) is 6.04 Å². The lowest BCUT2D eigenvalue weighted by Crippen LogP contribution is -1.93. The molecule has 1 aliphatic heterocycles. The van der Waals surface area contributed by atoms with Crippen molar-refractivity contribution in [1.29, 1.82) is 0 Å². The van der Waals surface area contributed by atoms with E-state index in [4.69, 9.17) is 16.6 Å². The number of benzene rings is 2. The minimum absolute atomic E-state index is 0.226. The predicted octanol–water partition coefficient (Wildman–Crippen LogP) is 5.34. The molecule has 19 heavy (non-hydrogen) atoms. The summed E-state index contributed by atoms with van der Waals surface area (Å²) < 4.78 is 1.09. The quantitative estimate of drug-likeness (QED) is 0.711. The summed E-state index contributed by atoms with van der Waals surface area (Å²) in [6, 6.07) is 16.5. The molecule has 0 spiro atoms. The van der Waals surface area contributed by atoms with Crippen molar-refractivity contribution in [2.75, 3.05) is 5.75 Å². The zero-order chi connectivity index (χ0) is 13.2. The summed E-state index contributed by atoms with van der Waals surface area (Å²) in [6.45, 7) is 0. The molecule has 0 saturated heterocycles. The lowest BCUT2D eigenvalue weighted by atomic mass is 10.1. The van der Waals surface area contributed by atoms with Gasteiger partial charge in [-0.15, -0.1) is 11.8 Å². The van der Waals surface area contributed by atoms with Gasteiger partial charge in [-0.3, -0.25) is 4.99 Å². The van der Waals surface area contributed by atoms with Gasteiger partial charge < -0.3 is 0 Å². The molecule has 1 heterocycles. The third-order valence-electron chi connectivity index (χ3n) is 3.01. The van der Waals surface area contributed by atoms with Gasteiger partial charge in [0, 0.05) is 15.8 Å². The summed E-state index contributed by atoms with van der Waals surface area (Å²) in [5.41, 5.74) is 2.28. The molecule has 0 amide bonds. The van der Waals surface area contributed by atoms with E-state index in [0.717, 1.165) is 25.9 Å². The van der Waals surface area contributed by atoms with Crippen LogP contribution in [0.25, 0.3) is 0 Å². The van der Waals surface area contributed by atoms with Crippen LogP contribution in [-0.2, 0) is 0 Å². The van der Waals surface area contributed by atoms with E-state index in [9.17, 15) is 0 Å². The fourth-order valence-corrected chi connectivity index (χ4v) is 3.68. The lowest BCUT2D eigenvalue weighted by Gasteiger charge is -2.05. The number of halogens is 2. The Morgan fingerprint density at radius 1 is 1.11 bits per heavy atom. The summed E-state index contributed by atoms with van der Waals surface area (Å²) in [5.74, 6) is 0.974. The van der Waals surface area contributed by atoms with Gasteiger partial charge in [0.25, 0.3) is 0 Å². The van der Waals surface area contributed by atoms with Gasteiger partial charge in [0.15, 0.2) is 0 Å². The van der Waals surface area contributed by atoms with Crippen LogP contribution >= 0.6 is 39.3 Å². The summed E-state index contributed by atoms with van der Waals surface area (Å²) >= 11 is 11.4. The Bertz CT molecular complexity index is 624. The molecule has 0 saturated carbocycles. The van der Waals surface area contributed by atoms with Crippen LogP contribution in [0.1, 0.15) is 17.2 Å². The first-order valence-corrected chi connectivity index (χ1v) is 8.10. The first-order valence-electron chi connectivity index (χ1n) is 5.95. The molecule has 0 aliphatic carbocycles. The van der Waals surface area contributed by atoms with Gasteiger partial charge in [0.1, 0.15) is 5.04 Å². The highest BCUT2D eigenvalue weighted by Gasteiger charge is 2.21. The van der Waals surface area contributed by atoms with E-state index >= 15 is 0 Å². The molecule has 0 bridgehead atoms. The van der Waals surface area contributed by atoms with E-state index < -0.39 is 0 Å². The van der Waals surface area contributed by atoms with E-state index in [2.05, 4.69) is 40.2 Å². The van der Waals surface area contributed by atoms with Gasteiger partial charge >= 0.3 is 0 Å². The van der Waals surface area contributed by atoms with Gasteiger partial charge in [-0.1, -0.05) is 57.9 Å². The number of thioether (sulfide) groups is 1. The maximum absolute atomic E-state index is 6.22. The Morgan fingerprint density at radius 3 is 2.58 bits per heavy atom. The molecule has 0 aromatic heterocycles. The molecule has 1 nitrogen and oxygen atoms in total. The Morgan fingerprint density at radius 2 is 1.84 bits per heavy atom. The molecule has 1 atom stereocenters. The highest BCUT2D eigenvalue weighted by Crippen LogP contribution is 2.35. The number of hydrogen-bond acceptors (Lipinski definition) is 2. The molecule has 2 aromatic carbocycles. The fourth-order valence-electron chi connectivity index (χ4n) is 2.01. The minimum Gasteiger partial charge on any atom is -0.269 e. The third-order valence-corrected chi connectivity index (χ3v) is 4.95. The average molecular weight is 353 g/mol. The second-order valence-corrected chi connectivity index (χ2v) is 6.62. The van der Waals surface area contributed by atoms with E-state index in [0.29, 0.717) is 0 Å². The summed E-state index contributed by atoms with van der Waals surface area (Å²) in [4.78, 5) is 4.80. The number of hydrogen-bond donors (Lipinski definition) is 0. The van der Waals surface area contributed by atoms with Crippen molar-refractivity contribution >= 4 is 44.3 Å². The molecule has 96 valence electrons. The zero-order valence-electron chi connectivity index (χ0n) is 10.0. The van der Waals surface area contributed by atoms with Crippen molar-refractivity contribution in [2.24, 2.45) is 4.99 Å². The molecular formula is C15H11BrClNS. The second kappa shape index (κ2) is 5.70. The minimum atomic E-state index is 0.226. The van der Waals surface area contributed by atoms with Crippen molar-refractivity contribution in [3.63, 3.8) is 0 Å². The van der Waals surface area contributed by atoms with Crippen LogP contribution in [0.5, 0.6) is 0 Å². The van der Waals surface area contributed by atoms with Gasteiger partial charge in [-0.2, -0.15) is 0 Å². The van der Waals surface area contributed by atoms with Crippen molar-refractivity contribution in [1.82, 2.24) is 0 Å². The van der Waals surface area contributed by atoms with Gasteiger partial charge in [-0.05, 0) is 23.8 Å². The molecule has 0 fully saturated rings. The SMILES string of the molecule is Clc1ccccc1C1=NC(c2ccc(Br)cc2)CS1. The van der Waals surface area contributed by atoms with E-state index in [1.165, 1.54) is 5.56 Å². The van der Waals surface area contributed by atoms with Crippen LogP contribution in [0.3, 0.4) is 0 Å². The molecule has 2 aromatic rings. The molecule has 3 rings (SSSR count). The maximum atomic E-state index is 6.22. The van der Waals surface area contributed by atoms with Crippen LogP contribution in [-0.4, -0.2) is 10.8 Å². The monoisotopic (exact) mass is 351 g/mol. The van der Waals surface area contributed by atoms with Crippen molar-refractivity contribution in [2.45, 2.75) is 6.04 Å². The van der Waals surface area contributed by atoms with E-state index in [1.807, 2.05) is 24.3 Å². The molecule has 0 N–H and O–H groups in total. The maximum Gasteiger partial charge on any atom is 0.100 e. The Kier molecular flexibility index (Phi) is 3.96. The van der Waals surface area contributed by atoms with Crippen LogP contribution in [0.15, 0.2) is 58.0 Å². The van der Waals surface area contributed by atoms with Crippen LogP contribution in [0.4, 0.5) is 0 Å².